The van der Waals surface area contributed by atoms with Crippen molar-refractivity contribution >= 4 is 23.6 Å². The van der Waals surface area contributed by atoms with Gasteiger partial charge >= 0.3 is 5.69 Å². The molecule has 160 valence electrons. The molecule has 0 saturated carbocycles. The Morgan fingerprint density at radius 3 is 2.50 bits per heavy atom. The van der Waals surface area contributed by atoms with Gasteiger partial charge in [-0.15, -0.1) is 0 Å². The molecule has 4 aromatic rings. The Morgan fingerprint density at radius 1 is 1.00 bits per heavy atom. The third kappa shape index (κ3) is 5.62. The van der Waals surface area contributed by atoms with E-state index in [9.17, 15) is 9.59 Å². The fourth-order valence-electron chi connectivity index (χ4n) is 3.37. The zero-order chi connectivity index (χ0) is 22.3. The quantitative estimate of drug-likeness (QED) is 0.366. The second kappa shape index (κ2) is 9.94. The lowest BCUT2D eigenvalue weighted by Crippen LogP contribution is -2.29. The van der Waals surface area contributed by atoms with E-state index in [4.69, 9.17) is 11.6 Å². The van der Waals surface area contributed by atoms with Crippen LogP contribution in [0.3, 0.4) is 0 Å². The molecule has 1 heterocycles. The minimum absolute atomic E-state index is 0.285. The molecule has 32 heavy (non-hydrogen) atoms. The molecule has 1 aromatic heterocycles. The van der Waals surface area contributed by atoms with Gasteiger partial charge in [-0.05, 0) is 52.9 Å². The molecule has 1 atom stereocenters. The highest BCUT2D eigenvalue weighted by molar-refractivity contribution is 6.30. The zero-order valence-electron chi connectivity index (χ0n) is 17.1. The Kier molecular flexibility index (Phi) is 6.63. The molecule has 0 saturated heterocycles. The second-order valence-electron chi connectivity index (χ2n) is 7.28. The van der Waals surface area contributed by atoms with Gasteiger partial charge in [0.1, 0.15) is 0 Å². The largest absolute Gasteiger partial charge is 0.342 e. The molecule has 4 rings (SSSR count). The van der Waals surface area contributed by atoms with Crippen molar-refractivity contribution in [2.75, 3.05) is 0 Å². The Morgan fingerprint density at radius 2 is 1.78 bits per heavy atom. The topological polar surface area (TPSA) is 90.6 Å². The predicted molar refractivity (Wildman–Crippen MR) is 126 cm³/mol. The summed E-state index contributed by atoms with van der Waals surface area (Å²) in [4.78, 5) is 26.8. The summed E-state index contributed by atoms with van der Waals surface area (Å²) in [5, 5.41) is 9.96. The lowest BCUT2D eigenvalue weighted by Gasteiger charge is -2.15. The number of amides is 1. The van der Waals surface area contributed by atoms with Crippen LogP contribution >= 0.6 is 11.6 Å². The van der Waals surface area contributed by atoms with Gasteiger partial charge in [0.25, 0.3) is 0 Å². The third-order valence-corrected chi connectivity index (χ3v) is 5.19. The molecule has 0 bridgehead atoms. The Labute approximate surface area is 190 Å². The Hall–Kier alpha value is -3.90. The molecule has 0 aliphatic heterocycles. The second-order valence-corrected chi connectivity index (χ2v) is 7.72. The summed E-state index contributed by atoms with van der Waals surface area (Å²) < 4.78 is 0. The minimum atomic E-state index is -0.478. The minimum Gasteiger partial charge on any atom is -0.342 e. The summed E-state index contributed by atoms with van der Waals surface area (Å²) in [6.07, 6.45) is 3.72. The number of nitrogens with one attached hydrogen (secondary N) is 3. The van der Waals surface area contributed by atoms with Crippen LogP contribution in [0.1, 0.15) is 23.0 Å². The van der Waals surface area contributed by atoms with Crippen LogP contribution < -0.4 is 11.0 Å². The number of benzene rings is 3. The van der Waals surface area contributed by atoms with Gasteiger partial charge in [-0.25, -0.2) is 9.89 Å². The van der Waals surface area contributed by atoms with E-state index < -0.39 is 11.7 Å². The molecule has 0 radical (unpaired) electrons. The maximum atomic E-state index is 12.6. The van der Waals surface area contributed by atoms with Crippen LogP contribution in [-0.2, 0) is 11.2 Å². The Balaban J connectivity index is 1.48. The number of hydrogen-bond acceptors (Lipinski definition) is 3. The monoisotopic (exact) mass is 444 g/mol. The first-order valence-corrected chi connectivity index (χ1v) is 10.5. The van der Waals surface area contributed by atoms with Crippen LogP contribution in [0.2, 0.25) is 5.02 Å². The summed E-state index contributed by atoms with van der Waals surface area (Å²) in [5.41, 5.74) is 3.56. The summed E-state index contributed by atoms with van der Waals surface area (Å²) in [6.45, 7) is 0. The van der Waals surface area contributed by atoms with E-state index in [1.54, 1.807) is 6.08 Å². The molecule has 0 aliphatic rings. The number of aromatic nitrogens is 3. The van der Waals surface area contributed by atoms with Gasteiger partial charge in [0, 0.05) is 11.1 Å². The van der Waals surface area contributed by atoms with E-state index in [0.29, 0.717) is 17.3 Å². The van der Waals surface area contributed by atoms with Crippen molar-refractivity contribution in [1.29, 1.82) is 0 Å². The fraction of sp³-hybridized carbons (Fsp3) is 0.0800. The first-order chi connectivity index (χ1) is 15.6. The first kappa shape index (κ1) is 21.3. The van der Waals surface area contributed by atoms with E-state index in [0.717, 1.165) is 22.3 Å². The van der Waals surface area contributed by atoms with E-state index in [-0.39, 0.29) is 5.91 Å². The van der Waals surface area contributed by atoms with Crippen molar-refractivity contribution in [2.45, 2.75) is 12.5 Å². The van der Waals surface area contributed by atoms with Crippen LogP contribution in [0.5, 0.6) is 0 Å². The van der Waals surface area contributed by atoms with Gasteiger partial charge < -0.3 is 5.32 Å². The lowest BCUT2D eigenvalue weighted by atomic mass is 10.0. The third-order valence-electron chi connectivity index (χ3n) is 4.94. The number of aromatic amines is 2. The molecule has 1 amide bonds. The SMILES string of the molecule is O=C(/C=C/c1cccc(-c2ccc(Cl)cc2)c1)NC(Cc1ccccc1)c1n[nH]c(=O)[nH]1. The highest BCUT2D eigenvalue weighted by atomic mass is 35.5. The number of halogens is 1. The summed E-state index contributed by atoms with van der Waals surface area (Å²) in [6, 6.07) is 24.7. The van der Waals surface area contributed by atoms with Crippen LogP contribution in [0.4, 0.5) is 0 Å². The molecule has 0 fully saturated rings. The number of H-pyrrole nitrogens is 2. The van der Waals surface area contributed by atoms with E-state index in [2.05, 4.69) is 20.5 Å². The molecule has 0 spiro atoms. The normalized spacial score (nSPS) is 12.0. The number of hydrogen-bond donors (Lipinski definition) is 3. The maximum Gasteiger partial charge on any atom is 0.340 e. The van der Waals surface area contributed by atoms with Crippen LogP contribution in [-0.4, -0.2) is 21.1 Å². The molecule has 3 N–H and O–H groups in total. The summed E-state index contributed by atoms with van der Waals surface area (Å²) >= 11 is 5.97. The summed E-state index contributed by atoms with van der Waals surface area (Å²) in [5.74, 6) is 0.0945. The number of nitrogens with zero attached hydrogens (tertiary/aromatic N) is 1. The molecule has 3 aromatic carbocycles. The molecule has 0 aliphatic carbocycles. The van der Waals surface area contributed by atoms with Crippen molar-refractivity contribution in [2.24, 2.45) is 0 Å². The van der Waals surface area contributed by atoms with Crippen molar-refractivity contribution in [3.05, 3.63) is 117 Å². The van der Waals surface area contributed by atoms with Crippen LogP contribution in [0.15, 0.2) is 89.7 Å². The average molecular weight is 445 g/mol. The van der Waals surface area contributed by atoms with Crippen molar-refractivity contribution in [1.82, 2.24) is 20.5 Å². The van der Waals surface area contributed by atoms with Crippen LogP contribution in [0.25, 0.3) is 17.2 Å². The van der Waals surface area contributed by atoms with Gasteiger partial charge in [0.2, 0.25) is 5.91 Å². The standard InChI is InChI=1S/C25H21ClN4O2/c26-21-12-10-19(11-13-21)20-8-4-7-18(15-20)9-14-23(31)27-22(24-28-25(32)30-29-24)16-17-5-2-1-3-6-17/h1-15,22H,16H2,(H,27,31)(H2,28,29,30,32)/b14-9+. The predicted octanol–water partition coefficient (Wildman–Crippen LogP) is 4.53. The summed E-state index contributed by atoms with van der Waals surface area (Å²) in [7, 11) is 0. The molecular weight excluding hydrogens is 424 g/mol. The first-order valence-electron chi connectivity index (χ1n) is 10.1. The molecule has 6 nitrogen and oxygen atoms in total. The highest BCUT2D eigenvalue weighted by Crippen LogP contribution is 2.23. The van der Waals surface area contributed by atoms with Crippen molar-refractivity contribution < 1.29 is 4.79 Å². The number of rotatable bonds is 7. The molecule has 7 heteroatoms. The fourth-order valence-corrected chi connectivity index (χ4v) is 3.50. The van der Waals surface area contributed by atoms with Gasteiger partial charge in [-0.3, -0.25) is 9.78 Å². The van der Waals surface area contributed by atoms with E-state index >= 15 is 0 Å². The molecule has 1 unspecified atom stereocenters. The van der Waals surface area contributed by atoms with Crippen LogP contribution in [0, 0.1) is 0 Å². The maximum absolute atomic E-state index is 12.6. The molecular formula is C25H21ClN4O2. The lowest BCUT2D eigenvalue weighted by molar-refractivity contribution is -0.117. The highest BCUT2D eigenvalue weighted by Gasteiger charge is 2.17. The number of carbonyl (C=O) groups excluding carboxylic acids is 1. The smallest absolute Gasteiger partial charge is 0.340 e. The van der Waals surface area contributed by atoms with E-state index in [1.807, 2.05) is 78.9 Å². The van der Waals surface area contributed by atoms with Gasteiger partial charge in [0.15, 0.2) is 5.82 Å². The van der Waals surface area contributed by atoms with Crippen molar-refractivity contribution in [3.63, 3.8) is 0 Å². The average Bonchev–Trinajstić information content (AvgIpc) is 3.25. The number of carbonyl (C=O) groups is 1. The Bertz CT molecular complexity index is 1280. The van der Waals surface area contributed by atoms with Gasteiger partial charge in [0.05, 0.1) is 6.04 Å². The zero-order valence-corrected chi connectivity index (χ0v) is 17.8. The van der Waals surface area contributed by atoms with E-state index in [1.165, 1.54) is 6.08 Å². The van der Waals surface area contributed by atoms with Gasteiger partial charge in [-0.1, -0.05) is 72.3 Å². The van der Waals surface area contributed by atoms with Gasteiger partial charge in [-0.2, -0.15) is 5.10 Å². The van der Waals surface area contributed by atoms with Crippen molar-refractivity contribution in [3.8, 4) is 11.1 Å².